The predicted molar refractivity (Wildman–Crippen MR) is 77.0 cm³/mol. The molecule has 2 heterocycles. The molecule has 7 nitrogen and oxygen atoms in total. The molecular weight excluding hydrogens is 270 g/mol. The number of aromatic amines is 1. The number of carbonyl (C=O) groups excluding carboxylic acids is 1. The van der Waals surface area contributed by atoms with Gasteiger partial charge in [-0.1, -0.05) is 30.3 Å². The van der Waals surface area contributed by atoms with Crippen LogP contribution in [0.3, 0.4) is 0 Å². The maximum Gasteiger partial charge on any atom is 0.326 e. The lowest BCUT2D eigenvalue weighted by atomic mass is 10.2. The van der Waals surface area contributed by atoms with Gasteiger partial charge in [0.15, 0.2) is 0 Å². The van der Waals surface area contributed by atoms with E-state index in [0.717, 1.165) is 10.2 Å². The molecule has 0 radical (unpaired) electrons. The number of carbonyl (C=O) groups is 1. The van der Waals surface area contributed by atoms with Gasteiger partial charge in [-0.05, 0) is 5.56 Å². The molecule has 1 aromatic carbocycles. The third-order valence-corrected chi connectivity index (χ3v) is 3.08. The second-order valence-electron chi connectivity index (χ2n) is 4.57. The van der Waals surface area contributed by atoms with Crippen LogP contribution in [0.15, 0.2) is 53.7 Å². The van der Waals surface area contributed by atoms with Crippen molar-refractivity contribution in [1.82, 2.24) is 19.3 Å². The van der Waals surface area contributed by atoms with E-state index in [1.807, 2.05) is 30.3 Å². The first-order valence-electron chi connectivity index (χ1n) is 6.32. The Morgan fingerprint density at radius 1 is 1.29 bits per heavy atom. The molecule has 3 N–H and O–H groups in total. The zero-order valence-electron chi connectivity index (χ0n) is 11.1. The minimum Gasteiger partial charge on any atom is -0.396 e. The third kappa shape index (κ3) is 2.48. The molecule has 0 spiro atoms. The first-order chi connectivity index (χ1) is 10.1. The average molecular weight is 283 g/mol. The summed E-state index contributed by atoms with van der Waals surface area (Å²) in [5.74, 6) is -0.416. The number of nitrogens with one attached hydrogen (secondary N) is 1. The van der Waals surface area contributed by atoms with E-state index < -0.39 is 5.91 Å². The van der Waals surface area contributed by atoms with E-state index in [9.17, 15) is 9.59 Å². The van der Waals surface area contributed by atoms with Gasteiger partial charge in [0.2, 0.25) is 0 Å². The first-order valence-corrected chi connectivity index (χ1v) is 6.32. The fraction of sp³-hybridized carbons (Fsp3) is 0.0714. The lowest BCUT2D eigenvalue weighted by Gasteiger charge is -2.06. The zero-order chi connectivity index (χ0) is 14.8. The standard InChI is InChI=1S/C14H13N5O2/c15-11-6-17-19(9-11)13(20)12-7-16-14(21)18(12)8-10-4-2-1-3-5-10/h1-7,9H,8,15H2,(H,16,21). The highest BCUT2D eigenvalue weighted by Gasteiger charge is 2.17. The minimum absolute atomic E-state index is 0.229. The monoisotopic (exact) mass is 283 g/mol. The molecule has 0 aliphatic heterocycles. The lowest BCUT2D eigenvalue weighted by molar-refractivity contribution is 0.0936. The molecule has 0 saturated heterocycles. The van der Waals surface area contributed by atoms with Crippen LogP contribution in [0.1, 0.15) is 16.1 Å². The van der Waals surface area contributed by atoms with Crippen molar-refractivity contribution >= 4 is 11.6 Å². The molecule has 7 heteroatoms. The number of rotatable bonds is 3. The molecule has 21 heavy (non-hydrogen) atoms. The molecule has 0 aliphatic rings. The van der Waals surface area contributed by atoms with E-state index >= 15 is 0 Å². The number of anilines is 1. The Morgan fingerprint density at radius 2 is 2.05 bits per heavy atom. The van der Waals surface area contributed by atoms with Crippen molar-refractivity contribution in [1.29, 1.82) is 0 Å². The quantitative estimate of drug-likeness (QED) is 0.738. The van der Waals surface area contributed by atoms with Crippen LogP contribution in [-0.4, -0.2) is 25.2 Å². The van der Waals surface area contributed by atoms with E-state index in [1.54, 1.807) is 0 Å². The molecule has 0 saturated carbocycles. The molecule has 0 amide bonds. The van der Waals surface area contributed by atoms with Crippen LogP contribution in [0.2, 0.25) is 0 Å². The number of nitrogens with two attached hydrogens (primary N) is 1. The summed E-state index contributed by atoms with van der Waals surface area (Å²) in [6, 6.07) is 9.42. The minimum atomic E-state index is -0.416. The normalized spacial score (nSPS) is 10.7. The highest BCUT2D eigenvalue weighted by Crippen LogP contribution is 2.07. The number of hydrogen-bond donors (Lipinski definition) is 2. The van der Waals surface area contributed by atoms with Crippen LogP contribution >= 0.6 is 0 Å². The maximum atomic E-state index is 12.3. The fourth-order valence-electron chi connectivity index (χ4n) is 2.06. The predicted octanol–water partition coefficient (Wildman–Crippen LogP) is 0.692. The smallest absolute Gasteiger partial charge is 0.326 e. The van der Waals surface area contributed by atoms with Gasteiger partial charge in [-0.2, -0.15) is 5.10 Å². The van der Waals surface area contributed by atoms with Gasteiger partial charge in [-0.15, -0.1) is 0 Å². The number of imidazole rings is 1. The van der Waals surface area contributed by atoms with Crippen molar-refractivity contribution in [2.45, 2.75) is 6.54 Å². The Morgan fingerprint density at radius 3 is 2.71 bits per heavy atom. The number of aromatic nitrogens is 4. The van der Waals surface area contributed by atoms with E-state index in [0.29, 0.717) is 12.2 Å². The Labute approximate surface area is 119 Å². The second-order valence-corrected chi connectivity index (χ2v) is 4.57. The van der Waals surface area contributed by atoms with Gasteiger partial charge in [0, 0.05) is 6.20 Å². The summed E-state index contributed by atoms with van der Waals surface area (Å²) in [6.45, 7) is 0.307. The van der Waals surface area contributed by atoms with Crippen molar-refractivity contribution in [3.8, 4) is 0 Å². The molecule has 0 bridgehead atoms. The van der Waals surface area contributed by atoms with Gasteiger partial charge >= 0.3 is 5.69 Å². The van der Waals surface area contributed by atoms with Gasteiger partial charge in [0.05, 0.1) is 24.6 Å². The largest absolute Gasteiger partial charge is 0.396 e. The summed E-state index contributed by atoms with van der Waals surface area (Å²) >= 11 is 0. The van der Waals surface area contributed by atoms with Crippen LogP contribution in [0.25, 0.3) is 0 Å². The van der Waals surface area contributed by atoms with Crippen molar-refractivity contribution in [2.24, 2.45) is 0 Å². The molecule has 2 aromatic heterocycles. The number of H-pyrrole nitrogens is 1. The van der Waals surface area contributed by atoms with Crippen LogP contribution < -0.4 is 11.4 Å². The van der Waals surface area contributed by atoms with Crippen molar-refractivity contribution in [2.75, 3.05) is 5.73 Å². The van der Waals surface area contributed by atoms with Gasteiger partial charge in [0.1, 0.15) is 5.69 Å². The average Bonchev–Trinajstić information content (AvgIpc) is 3.07. The van der Waals surface area contributed by atoms with Crippen molar-refractivity contribution in [3.63, 3.8) is 0 Å². The molecule has 0 atom stereocenters. The number of hydrogen-bond acceptors (Lipinski definition) is 4. The number of benzene rings is 1. The molecule has 106 valence electrons. The van der Waals surface area contributed by atoms with E-state index in [4.69, 9.17) is 5.73 Å². The van der Waals surface area contributed by atoms with Gasteiger partial charge in [-0.25, -0.2) is 9.48 Å². The Bertz CT molecular complexity index is 828. The summed E-state index contributed by atoms with van der Waals surface area (Å²) in [5, 5.41) is 3.86. The van der Waals surface area contributed by atoms with Crippen LogP contribution in [0.5, 0.6) is 0 Å². The van der Waals surface area contributed by atoms with Gasteiger partial charge in [-0.3, -0.25) is 9.36 Å². The van der Waals surface area contributed by atoms with E-state index in [1.165, 1.54) is 23.2 Å². The van der Waals surface area contributed by atoms with Crippen molar-refractivity contribution in [3.05, 3.63) is 70.7 Å². The molecule has 0 unspecified atom stereocenters. The Balaban J connectivity index is 1.97. The topological polar surface area (TPSA) is 98.7 Å². The second kappa shape index (κ2) is 5.12. The van der Waals surface area contributed by atoms with Crippen LogP contribution in [-0.2, 0) is 6.54 Å². The summed E-state index contributed by atoms with van der Waals surface area (Å²) in [4.78, 5) is 26.8. The SMILES string of the molecule is Nc1cnn(C(=O)c2c[nH]c(=O)n2Cc2ccccc2)c1. The summed E-state index contributed by atoms with van der Waals surface area (Å²) in [7, 11) is 0. The highest BCUT2D eigenvalue weighted by molar-refractivity contribution is 5.93. The Kier molecular flexibility index (Phi) is 3.15. The summed E-state index contributed by atoms with van der Waals surface area (Å²) < 4.78 is 2.48. The lowest BCUT2D eigenvalue weighted by Crippen LogP contribution is -2.24. The Hall–Kier alpha value is -3.09. The molecule has 3 rings (SSSR count). The van der Waals surface area contributed by atoms with Crippen LogP contribution in [0.4, 0.5) is 5.69 Å². The van der Waals surface area contributed by atoms with Crippen molar-refractivity contribution < 1.29 is 4.79 Å². The van der Waals surface area contributed by atoms with Crippen LogP contribution in [0, 0.1) is 0 Å². The molecule has 0 fully saturated rings. The highest BCUT2D eigenvalue weighted by atomic mass is 16.2. The van der Waals surface area contributed by atoms with E-state index in [2.05, 4.69) is 10.1 Å². The maximum absolute atomic E-state index is 12.3. The summed E-state index contributed by atoms with van der Waals surface area (Å²) in [5.41, 5.74) is 6.74. The molecule has 3 aromatic rings. The zero-order valence-corrected chi connectivity index (χ0v) is 11.1. The number of nitrogen functional groups attached to an aromatic ring is 1. The molecule has 0 aliphatic carbocycles. The van der Waals surface area contributed by atoms with Gasteiger partial charge in [0.25, 0.3) is 5.91 Å². The third-order valence-electron chi connectivity index (χ3n) is 3.08. The fourth-order valence-corrected chi connectivity index (χ4v) is 2.06. The van der Waals surface area contributed by atoms with E-state index in [-0.39, 0.29) is 11.4 Å². The summed E-state index contributed by atoms with van der Waals surface area (Å²) in [6.07, 6.45) is 4.17. The first kappa shape index (κ1) is 12.9. The molecular formula is C14H13N5O2. The number of nitrogens with zero attached hydrogens (tertiary/aromatic N) is 3. The van der Waals surface area contributed by atoms with Gasteiger partial charge < -0.3 is 10.7 Å².